The first-order chi connectivity index (χ1) is 12.4. The largest absolute Gasteiger partial charge is 0.502 e. The summed E-state index contributed by atoms with van der Waals surface area (Å²) in [7, 11) is 0. The normalized spacial score (nSPS) is 12.3. The molecule has 0 saturated carbocycles. The van der Waals surface area contributed by atoms with Crippen molar-refractivity contribution in [3.63, 3.8) is 0 Å². The average Bonchev–Trinajstić information content (AvgIpc) is 2.96. The van der Waals surface area contributed by atoms with Crippen LogP contribution in [0.3, 0.4) is 0 Å². The summed E-state index contributed by atoms with van der Waals surface area (Å²) >= 11 is 1.05. The topological polar surface area (TPSA) is 126 Å². The molecule has 0 spiro atoms. The van der Waals surface area contributed by atoms with Crippen LogP contribution in [0.2, 0.25) is 0 Å². The second kappa shape index (κ2) is 7.11. The number of ketones is 1. The minimum Gasteiger partial charge on any atom is -0.502 e. The Hall–Kier alpha value is -3.59. The number of carbonyl (C=O) groups excluding carboxylic acids is 1. The summed E-state index contributed by atoms with van der Waals surface area (Å²) < 4.78 is 0.634. The van der Waals surface area contributed by atoms with Crippen molar-refractivity contribution >= 4 is 35.0 Å². The third kappa shape index (κ3) is 3.73. The third-order valence-corrected chi connectivity index (χ3v) is 4.36. The Morgan fingerprint density at radius 1 is 1.27 bits per heavy atom. The molecule has 0 fully saturated rings. The number of nitro groups is 1. The Kier molecular flexibility index (Phi) is 4.72. The molecule has 0 aliphatic heterocycles. The third-order valence-electron chi connectivity index (χ3n) is 3.40. The number of carbonyl (C=O) groups is 1. The number of nitrogens with zero attached hydrogens (tertiary/aromatic N) is 2. The van der Waals surface area contributed by atoms with Gasteiger partial charge in [-0.15, -0.1) is 11.3 Å². The number of benzene rings is 1. The number of nitro benzene ring substituents is 1. The summed E-state index contributed by atoms with van der Waals surface area (Å²) in [5.41, 5.74) is -0.0475. The van der Waals surface area contributed by atoms with Gasteiger partial charge < -0.3 is 10.1 Å². The standard InChI is InChI=1S/C17H11N3O5S/c21-13-2-1-10(7-12(13)20(24)25)8-15-17(23)19-16(26-15)9-14(22)11-3-5-18-6-4-11/h1-9,21H,(H,19,23)/b15-8+,16-9-. The monoisotopic (exact) mass is 369 g/mol. The van der Waals surface area contributed by atoms with Crippen molar-refractivity contribution < 1.29 is 14.8 Å². The second-order valence-corrected chi connectivity index (χ2v) is 6.26. The molecule has 1 aromatic carbocycles. The number of aromatic amines is 1. The number of hydrogen-bond acceptors (Lipinski definition) is 7. The SMILES string of the molecule is O=C(/C=c1/[nH]c(=O)/c(=C\c2ccc(O)c([N+](=O)[O-])c2)s1)c1ccncc1. The van der Waals surface area contributed by atoms with Crippen LogP contribution in [0.4, 0.5) is 5.69 Å². The Morgan fingerprint density at radius 3 is 2.69 bits per heavy atom. The molecule has 0 bridgehead atoms. The molecule has 3 aromatic rings. The van der Waals surface area contributed by atoms with Crippen molar-refractivity contribution in [2.24, 2.45) is 0 Å². The van der Waals surface area contributed by atoms with E-state index in [2.05, 4.69) is 9.97 Å². The van der Waals surface area contributed by atoms with E-state index >= 15 is 0 Å². The van der Waals surface area contributed by atoms with Crippen LogP contribution >= 0.6 is 11.3 Å². The number of rotatable bonds is 4. The number of phenolic OH excluding ortho intramolecular Hbond substituents is 1. The van der Waals surface area contributed by atoms with Gasteiger partial charge >= 0.3 is 5.69 Å². The molecule has 9 heteroatoms. The highest BCUT2D eigenvalue weighted by Crippen LogP contribution is 2.26. The van der Waals surface area contributed by atoms with Crippen molar-refractivity contribution in [2.75, 3.05) is 0 Å². The molecule has 0 amide bonds. The first kappa shape index (κ1) is 17.2. The molecule has 26 heavy (non-hydrogen) atoms. The summed E-state index contributed by atoms with van der Waals surface area (Å²) in [5.74, 6) is -0.735. The van der Waals surface area contributed by atoms with Gasteiger partial charge in [-0.2, -0.15) is 0 Å². The number of hydrogen-bond donors (Lipinski definition) is 2. The summed E-state index contributed by atoms with van der Waals surface area (Å²) in [6.45, 7) is 0. The van der Waals surface area contributed by atoms with E-state index in [0.717, 1.165) is 11.3 Å². The van der Waals surface area contributed by atoms with Crippen LogP contribution in [0, 0.1) is 10.1 Å². The number of aromatic hydroxyl groups is 1. The van der Waals surface area contributed by atoms with Gasteiger partial charge in [-0.1, -0.05) is 6.07 Å². The molecular formula is C17H11N3O5S. The van der Waals surface area contributed by atoms with Gasteiger partial charge in [0, 0.05) is 30.1 Å². The number of phenols is 1. The van der Waals surface area contributed by atoms with Crippen molar-refractivity contribution in [1.29, 1.82) is 0 Å². The lowest BCUT2D eigenvalue weighted by molar-refractivity contribution is -0.385. The maximum absolute atomic E-state index is 12.1. The number of aromatic nitrogens is 2. The van der Waals surface area contributed by atoms with E-state index in [1.165, 1.54) is 42.7 Å². The first-order valence-electron chi connectivity index (χ1n) is 7.28. The van der Waals surface area contributed by atoms with Crippen molar-refractivity contribution in [1.82, 2.24) is 9.97 Å². The van der Waals surface area contributed by atoms with E-state index in [-0.39, 0.29) is 10.3 Å². The summed E-state index contributed by atoms with van der Waals surface area (Å²) in [6, 6.07) is 6.93. The van der Waals surface area contributed by atoms with Gasteiger partial charge in [-0.3, -0.25) is 24.7 Å². The molecule has 8 nitrogen and oxygen atoms in total. The second-order valence-electron chi connectivity index (χ2n) is 5.18. The first-order valence-corrected chi connectivity index (χ1v) is 8.10. The van der Waals surface area contributed by atoms with Gasteiger partial charge in [-0.25, -0.2) is 0 Å². The molecule has 0 saturated heterocycles. The fourth-order valence-corrected chi connectivity index (χ4v) is 3.06. The zero-order chi connectivity index (χ0) is 18.7. The molecular weight excluding hydrogens is 358 g/mol. The fraction of sp³-hybridized carbons (Fsp3) is 0. The van der Waals surface area contributed by atoms with E-state index in [9.17, 15) is 24.8 Å². The number of pyridine rings is 1. The molecule has 0 unspecified atom stereocenters. The van der Waals surface area contributed by atoms with Crippen molar-refractivity contribution in [3.05, 3.63) is 83.5 Å². The van der Waals surface area contributed by atoms with E-state index in [4.69, 9.17) is 0 Å². The quantitative estimate of drug-likeness (QED) is 0.400. The van der Waals surface area contributed by atoms with Crippen molar-refractivity contribution in [2.45, 2.75) is 0 Å². The lowest BCUT2D eigenvalue weighted by Crippen LogP contribution is -2.20. The van der Waals surface area contributed by atoms with E-state index < -0.39 is 21.9 Å². The average molecular weight is 369 g/mol. The minimum absolute atomic E-state index is 0.277. The summed E-state index contributed by atoms with van der Waals surface area (Å²) in [4.78, 5) is 40.8. The zero-order valence-corrected chi connectivity index (χ0v) is 13.9. The molecule has 0 aliphatic rings. The van der Waals surface area contributed by atoms with Crippen molar-refractivity contribution in [3.8, 4) is 5.75 Å². The highest BCUT2D eigenvalue weighted by molar-refractivity contribution is 7.07. The molecule has 0 aliphatic carbocycles. The van der Waals surface area contributed by atoms with Gasteiger partial charge in [0.15, 0.2) is 11.5 Å². The molecule has 2 heterocycles. The number of thiazole rings is 1. The Bertz CT molecular complexity index is 1170. The molecule has 2 N–H and O–H groups in total. The van der Waals surface area contributed by atoms with Gasteiger partial charge in [-0.05, 0) is 29.8 Å². The molecule has 0 radical (unpaired) electrons. The lowest BCUT2D eigenvalue weighted by Gasteiger charge is -1.96. The zero-order valence-electron chi connectivity index (χ0n) is 13.1. The Balaban J connectivity index is 2.01. The van der Waals surface area contributed by atoms with Crippen LogP contribution in [0.25, 0.3) is 12.2 Å². The van der Waals surface area contributed by atoms with Crippen LogP contribution in [-0.2, 0) is 0 Å². The van der Waals surface area contributed by atoms with Gasteiger partial charge in [0.25, 0.3) is 5.56 Å². The number of Topliss-reactive ketones (excluding diaryl/α,β-unsaturated/α-hetero) is 1. The Morgan fingerprint density at radius 2 is 2.00 bits per heavy atom. The van der Waals surface area contributed by atoms with Gasteiger partial charge in [0.2, 0.25) is 0 Å². The lowest BCUT2D eigenvalue weighted by atomic mass is 10.2. The summed E-state index contributed by atoms with van der Waals surface area (Å²) in [6.07, 6.45) is 5.74. The highest BCUT2D eigenvalue weighted by atomic mass is 32.1. The predicted octanol–water partition coefficient (Wildman–Crippen LogP) is 0.937. The molecule has 0 atom stereocenters. The number of H-pyrrole nitrogens is 1. The maximum Gasteiger partial charge on any atom is 0.311 e. The van der Waals surface area contributed by atoms with Crippen LogP contribution in [0.15, 0.2) is 47.5 Å². The summed E-state index contributed by atoms with van der Waals surface area (Å²) in [5, 5.41) is 20.3. The van der Waals surface area contributed by atoms with E-state index in [0.29, 0.717) is 15.8 Å². The van der Waals surface area contributed by atoms with Crippen LogP contribution in [0.5, 0.6) is 5.75 Å². The smallest absolute Gasteiger partial charge is 0.311 e. The number of nitrogens with one attached hydrogen (secondary N) is 1. The van der Waals surface area contributed by atoms with Gasteiger partial charge in [0.1, 0.15) is 0 Å². The Labute approximate surface area is 149 Å². The maximum atomic E-state index is 12.1. The van der Waals surface area contributed by atoms with E-state index in [1.54, 1.807) is 12.1 Å². The molecule has 3 rings (SSSR count). The molecule has 2 aromatic heterocycles. The highest BCUT2D eigenvalue weighted by Gasteiger charge is 2.12. The van der Waals surface area contributed by atoms with Gasteiger partial charge in [0.05, 0.1) is 14.1 Å². The van der Waals surface area contributed by atoms with Crippen LogP contribution in [0.1, 0.15) is 15.9 Å². The fourth-order valence-electron chi connectivity index (χ4n) is 2.17. The minimum atomic E-state index is -0.710. The van der Waals surface area contributed by atoms with Crippen LogP contribution < -0.4 is 14.8 Å². The van der Waals surface area contributed by atoms with E-state index in [1.807, 2.05) is 0 Å². The predicted molar refractivity (Wildman–Crippen MR) is 95.6 cm³/mol. The molecule has 130 valence electrons. The van der Waals surface area contributed by atoms with Crippen LogP contribution in [-0.4, -0.2) is 25.8 Å².